The van der Waals surface area contributed by atoms with Gasteiger partial charge in [-0.05, 0) is 30.3 Å². The Kier molecular flexibility index (Phi) is 5.82. The summed E-state index contributed by atoms with van der Waals surface area (Å²) < 4.78 is 12.2. The van der Waals surface area contributed by atoms with E-state index in [4.69, 9.17) is 20.8 Å². The van der Waals surface area contributed by atoms with Crippen LogP contribution in [0.3, 0.4) is 0 Å². The Morgan fingerprint density at radius 1 is 1.32 bits per heavy atom. The molecule has 0 aliphatic rings. The van der Waals surface area contributed by atoms with Gasteiger partial charge in [0.15, 0.2) is 15.9 Å². The van der Waals surface area contributed by atoms with Crippen molar-refractivity contribution in [3.8, 4) is 10.8 Å². The number of fused-ring (bicyclic) bond motifs is 1. The van der Waals surface area contributed by atoms with Crippen LogP contribution in [0.5, 0.6) is 0 Å². The number of ether oxygens (including phenoxy) is 1. The molecule has 6 nitrogen and oxygen atoms in total. The van der Waals surface area contributed by atoms with Crippen LogP contribution in [0.4, 0.5) is 0 Å². The zero-order chi connectivity index (χ0) is 19.5. The van der Waals surface area contributed by atoms with Crippen LogP contribution >= 0.6 is 34.7 Å². The molecule has 0 aliphatic carbocycles. The largest absolute Gasteiger partial charge is 0.462 e. The van der Waals surface area contributed by atoms with Crippen molar-refractivity contribution in [1.82, 2.24) is 14.5 Å². The van der Waals surface area contributed by atoms with E-state index in [0.717, 1.165) is 16.5 Å². The van der Waals surface area contributed by atoms with Gasteiger partial charge in [0, 0.05) is 23.3 Å². The van der Waals surface area contributed by atoms with Crippen molar-refractivity contribution in [3.63, 3.8) is 0 Å². The molecule has 1 aromatic carbocycles. The van der Waals surface area contributed by atoms with Gasteiger partial charge in [0.25, 0.3) is 5.56 Å². The molecule has 0 fully saturated rings. The second-order valence-corrected chi connectivity index (χ2v) is 8.15. The highest BCUT2D eigenvalue weighted by molar-refractivity contribution is 7.98. The maximum absolute atomic E-state index is 12.9. The van der Waals surface area contributed by atoms with E-state index < -0.39 is 0 Å². The van der Waals surface area contributed by atoms with E-state index >= 15 is 0 Å². The van der Waals surface area contributed by atoms with Crippen molar-refractivity contribution in [2.24, 2.45) is 0 Å². The van der Waals surface area contributed by atoms with Gasteiger partial charge in [-0.2, -0.15) is 0 Å². The fourth-order valence-corrected chi connectivity index (χ4v) is 4.66. The summed E-state index contributed by atoms with van der Waals surface area (Å²) in [5, 5.41) is 4.52. The lowest BCUT2D eigenvalue weighted by atomic mass is 10.2. The fraction of sp³-hybridized carbons (Fsp3) is 0.211. The molecule has 4 rings (SSSR count). The maximum atomic E-state index is 12.9. The molecule has 3 aromatic heterocycles. The van der Waals surface area contributed by atoms with Gasteiger partial charge in [-0.1, -0.05) is 23.4 Å². The predicted molar refractivity (Wildman–Crippen MR) is 112 cm³/mol. The minimum Gasteiger partial charge on any atom is -0.462 e. The zero-order valence-corrected chi connectivity index (χ0v) is 17.3. The van der Waals surface area contributed by atoms with E-state index in [1.807, 2.05) is 17.5 Å². The number of halogens is 1. The molecule has 144 valence electrons. The number of rotatable bonds is 7. The zero-order valence-electron chi connectivity index (χ0n) is 14.9. The second-order valence-electron chi connectivity index (χ2n) is 5.92. The first kappa shape index (κ1) is 19.2. The molecule has 28 heavy (non-hydrogen) atoms. The number of benzene rings is 1. The average molecular weight is 434 g/mol. The molecular formula is C19H16ClN3O3S2. The highest BCUT2D eigenvalue weighted by atomic mass is 35.5. The van der Waals surface area contributed by atoms with Crippen molar-refractivity contribution in [2.75, 3.05) is 13.7 Å². The molecule has 0 saturated carbocycles. The van der Waals surface area contributed by atoms with Gasteiger partial charge < -0.3 is 9.15 Å². The van der Waals surface area contributed by atoms with Crippen LogP contribution in [-0.2, 0) is 17.0 Å². The van der Waals surface area contributed by atoms with Crippen molar-refractivity contribution >= 4 is 45.6 Å². The van der Waals surface area contributed by atoms with E-state index in [1.165, 1.54) is 23.1 Å². The number of hydrogen-bond donors (Lipinski definition) is 0. The number of furan rings is 1. The number of hydrogen-bond acceptors (Lipinski definition) is 7. The summed E-state index contributed by atoms with van der Waals surface area (Å²) in [5.74, 6) is 1.33. The van der Waals surface area contributed by atoms with Crippen molar-refractivity contribution in [1.29, 1.82) is 0 Å². The molecule has 3 heterocycles. The fourth-order valence-electron chi connectivity index (χ4n) is 2.69. The summed E-state index contributed by atoms with van der Waals surface area (Å²) in [5.41, 5.74) is 1.39. The molecule has 0 bridgehead atoms. The van der Waals surface area contributed by atoms with Crippen LogP contribution in [0.25, 0.3) is 21.7 Å². The van der Waals surface area contributed by atoms with E-state index in [-0.39, 0.29) is 5.56 Å². The molecule has 0 unspecified atom stereocenters. The van der Waals surface area contributed by atoms with E-state index in [2.05, 4.69) is 9.97 Å². The highest BCUT2D eigenvalue weighted by Gasteiger charge is 2.14. The Labute approximate surface area is 174 Å². The number of aromatic nitrogens is 3. The molecule has 0 saturated heterocycles. The van der Waals surface area contributed by atoms with Gasteiger partial charge in [-0.15, -0.1) is 11.3 Å². The molecule has 0 atom stereocenters. The Morgan fingerprint density at radius 2 is 2.21 bits per heavy atom. The summed E-state index contributed by atoms with van der Waals surface area (Å²) in [6, 6.07) is 8.84. The lowest BCUT2D eigenvalue weighted by Crippen LogP contribution is -2.25. The Bertz CT molecular complexity index is 1160. The molecule has 0 amide bonds. The van der Waals surface area contributed by atoms with Crippen LogP contribution in [0.1, 0.15) is 5.69 Å². The summed E-state index contributed by atoms with van der Waals surface area (Å²) in [6.07, 6.45) is 1.63. The smallest absolute Gasteiger partial charge is 0.262 e. The quantitative estimate of drug-likeness (QED) is 0.310. The third-order valence-electron chi connectivity index (χ3n) is 4.03. The number of thioether (sulfide) groups is 1. The second kappa shape index (κ2) is 8.48. The predicted octanol–water partition coefficient (Wildman–Crippen LogP) is 4.71. The molecule has 4 aromatic rings. The Morgan fingerprint density at radius 3 is 3.00 bits per heavy atom. The van der Waals surface area contributed by atoms with Gasteiger partial charge in [-0.3, -0.25) is 9.36 Å². The monoisotopic (exact) mass is 433 g/mol. The third kappa shape index (κ3) is 4.00. The summed E-state index contributed by atoms with van der Waals surface area (Å²) in [7, 11) is 1.61. The van der Waals surface area contributed by atoms with E-state index in [1.54, 1.807) is 36.1 Å². The molecular weight excluding hydrogens is 418 g/mol. The summed E-state index contributed by atoms with van der Waals surface area (Å²) in [4.78, 5) is 22.2. The minimum atomic E-state index is -0.101. The van der Waals surface area contributed by atoms with Gasteiger partial charge in [0.1, 0.15) is 0 Å². The van der Waals surface area contributed by atoms with Crippen LogP contribution in [0.2, 0.25) is 5.02 Å². The maximum Gasteiger partial charge on any atom is 0.262 e. The van der Waals surface area contributed by atoms with Gasteiger partial charge in [0.05, 0.1) is 36.0 Å². The minimum absolute atomic E-state index is 0.101. The van der Waals surface area contributed by atoms with E-state index in [9.17, 15) is 4.79 Å². The molecule has 0 radical (unpaired) electrons. The first-order chi connectivity index (χ1) is 13.7. The third-order valence-corrected chi connectivity index (χ3v) is 6.18. The first-order valence-electron chi connectivity index (χ1n) is 8.46. The van der Waals surface area contributed by atoms with Crippen molar-refractivity contribution in [3.05, 3.63) is 63.0 Å². The molecule has 0 aliphatic heterocycles. The number of nitrogens with zero attached hydrogens (tertiary/aromatic N) is 3. The number of thiazole rings is 1. The average Bonchev–Trinajstić information content (AvgIpc) is 3.37. The normalized spacial score (nSPS) is 11.4. The topological polar surface area (TPSA) is 70.2 Å². The van der Waals surface area contributed by atoms with Gasteiger partial charge >= 0.3 is 0 Å². The van der Waals surface area contributed by atoms with Gasteiger partial charge in [-0.25, -0.2) is 9.97 Å². The standard InChI is InChI=1S/C19H16ClN3O3S2/c1-25-8-6-23-18(24)14-5-4-12(20)9-15(14)22-19(23)28-11-13-10-27-17(21-13)16-3-2-7-26-16/h2-5,7,9-10H,6,8,11H2,1H3. The van der Waals surface area contributed by atoms with Crippen molar-refractivity contribution in [2.45, 2.75) is 17.5 Å². The van der Waals surface area contributed by atoms with Crippen LogP contribution < -0.4 is 5.56 Å². The molecule has 0 N–H and O–H groups in total. The summed E-state index contributed by atoms with van der Waals surface area (Å²) >= 11 is 9.06. The lowest BCUT2D eigenvalue weighted by Gasteiger charge is -2.12. The van der Waals surface area contributed by atoms with Crippen LogP contribution in [0, 0.1) is 0 Å². The Hall–Kier alpha value is -2.13. The molecule has 9 heteroatoms. The molecule has 0 spiro atoms. The SMILES string of the molecule is COCCn1c(SCc2csc(-c3ccco3)n2)nc2cc(Cl)ccc2c1=O. The lowest BCUT2D eigenvalue weighted by molar-refractivity contribution is 0.183. The first-order valence-corrected chi connectivity index (χ1v) is 10.7. The van der Waals surface area contributed by atoms with Crippen LogP contribution in [-0.4, -0.2) is 28.3 Å². The van der Waals surface area contributed by atoms with Crippen molar-refractivity contribution < 1.29 is 9.15 Å². The van der Waals surface area contributed by atoms with Gasteiger partial charge in [0.2, 0.25) is 0 Å². The highest BCUT2D eigenvalue weighted by Crippen LogP contribution is 2.28. The summed E-state index contributed by atoms with van der Waals surface area (Å²) in [6.45, 7) is 0.853. The number of methoxy groups -OCH3 is 1. The van der Waals surface area contributed by atoms with E-state index in [0.29, 0.717) is 40.0 Å². The van der Waals surface area contributed by atoms with Crippen LogP contribution in [0.15, 0.2) is 56.3 Å². The Balaban J connectivity index is 1.64.